The molecule has 0 aromatic heterocycles. The topological polar surface area (TPSA) is 38.3 Å². The van der Waals surface area contributed by atoms with Gasteiger partial charge in [-0.15, -0.1) is 0 Å². The maximum atomic E-state index is 11.0. The second kappa shape index (κ2) is 3.64. The van der Waals surface area contributed by atoms with Crippen LogP contribution in [0.15, 0.2) is 12.2 Å². The molecule has 0 radical (unpaired) electrons. The molecule has 78 valence electrons. The average molecular weight is 195 g/mol. The van der Waals surface area contributed by atoms with E-state index in [-0.39, 0.29) is 18.2 Å². The third-order valence-electron chi connectivity index (χ3n) is 3.19. The molecule has 4 unspecified atom stereocenters. The second-order valence-electron chi connectivity index (χ2n) is 4.38. The Kier molecular flexibility index (Phi) is 2.48. The van der Waals surface area contributed by atoms with E-state index in [2.05, 4.69) is 24.4 Å². The van der Waals surface area contributed by atoms with Crippen LogP contribution < -0.4 is 5.32 Å². The Hall–Kier alpha value is -0.990. The van der Waals surface area contributed by atoms with Gasteiger partial charge in [-0.3, -0.25) is 0 Å². The SMILES string of the molecule is CC1C=CC(C2NC(=O)OC2C)CC1. The predicted molar refractivity (Wildman–Crippen MR) is 53.9 cm³/mol. The number of carbonyl (C=O) groups excluding carboxylic acids is 1. The molecule has 14 heavy (non-hydrogen) atoms. The first-order valence-electron chi connectivity index (χ1n) is 5.32. The number of hydrogen-bond donors (Lipinski definition) is 1. The van der Waals surface area contributed by atoms with Crippen LogP contribution in [0, 0.1) is 11.8 Å². The Balaban J connectivity index is 2.02. The minimum Gasteiger partial charge on any atom is -0.444 e. The van der Waals surface area contributed by atoms with Crippen LogP contribution in [0.3, 0.4) is 0 Å². The number of carbonyl (C=O) groups is 1. The Morgan fingerprint density at radius 1 is 1.36 bits per heavy atom. The lowest BCUT2D eigenvalue weighted by Gasteiger charge is -2.26. The van der Waals surface area contributed by atoms with Crippen molar-refractivity contribution in [2.24, 2.45) is 11.8 Å². The third kappa shape index (κ3) is 1.76. The van der Waals surface area contributed by atoms with E-state index in [1.165, 1.54) is 6.42 Å². The van der Waals surface area contributed by atoms with E-state index in [1.54, 1.807) is 0 Å². The Morgan fingerprint density at radius 3 is 2.64 bits per heavy atom. The van der Waals surface area contributed by atoms with Gasteiger partial charge in [0.1, 0.15) is 6.10 Å². The number of nitrogens with one attached hydrogen (secondary N) is 1. The maximum Gasteiger partial charge on any atom is 0.407 e. The van der Waals surface area contributed by atoms with E-state index in [9.17, 15) is 4.79 Å². The number of hydrogen-bond acceptors (Lipinski definition) is 2. The van der Waals surface area contributed by atoms with E-state index < -0.39 is 0 Å². The molecule has 1 saturated heterocycles. The van der Waals surface area contributed by atoms with Crippen molar-refractivity contribution in [1.82, 2.24) is 5.32 Å². The van der Waals surface area contributed by atoms with Crippen LogP contribution in [0.4, 0.5) is 4.79 Å². The van der Waals surface area contributed by atoms with Crippen LogP contribution in [0.25, 0.3) is 0 Å². The molecule has 1 heterocycles. The molecule has 1 fully saturated rings. The van der Waals surface area contributed by atoms with Crippen molar-refractivity contribution in [3.05, 3.63) is 12.2 Å². The molecule has 0 bridgehead atoms. The molecule has 0 saturated carbocycles. The molecule has 1 aliphatic carbocycles. The average Bonchev–Trinajstić information content (AvgIpc) is 2.47. The van der Waals surface area contributed by atoms with Crippen LogP contribution in [0.1, 0.15) is 26.7 Å². The summed E-state index contributed by atoms with van der Waals surface area (Å²) in [4.78, 5) is 11.0. The molecule has 2 rings (SSSR count). The van der Waals surface area contributed by atoms with E-state index in [0.717, 1.165) is 6.42 Å². The molecule has 4 atom stereocenters. The summed E-state index contributed by atoms with van der Waals surface area (Å²) in [6.07, 6.45) is 6.56. The zero-order valence-corrected chi connectivity index (χ0v) is 8.69. The molecule has 3 nitrogen and oxygen atoms in total. The zero-order valence-electron chi connectivity index (χ0n) is 8.69. The van der Waals surface area contributed by atoms with Crippen molar-refractivity contribution < 1.29 is 9.53 Å². The summed E-state index contributed by atoms with van der Waals surface area (Å²) in [7, 11) is 0. The first-order chi connectivity index (χ1) is 6.66. The van der Waals surface area contributed by atoms with Gasteiger partial charge in [0.15, 0.2) is 0 Å². The van der Waals surface area contributed by atoms with Crippen LogP contribution in [0.5, 0.6) is 0 Å². The molecule has 0 spiro atoms. The molecule has 1 N–H and O–H groups in total. The number of alkyl carbamates (subject to hydrolysis) is 1. The van der Waals surface area contributed by atoms with Gasteiger partial charge in [0.05, 0.1) is 6.04 Å². The van der Waals surface area contributed by atoms with E-state index in [0.29, 0.717) is 11.8 Å². The summed E-state index contributed by atoms with van der Waals surface area (Å²) in [6, 6.07) is 0.172. The highest BCUT2D eigenvalue weighted by Gasteiger charge is 2.36. The van der Waals surface area contributed by atoms with Crippen LogP contribution in [-0.2, 0) is 4.74 Å². The highest BCUT2D eigenvalue weighted by molar-refractivity contribution is 5.70. The Labute approximate surface area is 84.5 Å². The summed E-state index contributed by atoms with van der Waals surface area (Å²) in [6.45, 7) is 4.17. The Bertz CT molecular complexity index is 262. The summed E-state index contributed by atoms with van der Waals surface area (Å²) in [5, 5.41) is 2.88. The fourth-order valence-electron chi connectivity index (χ4n) is 2.26. The zero-order chi connectivity index (χ0) is 10.1. The van der Waals surface area contributed by atoms with Crippen molar-refractivity contribution in [3.63, 3.8) is 0 Å². The first kappa shape index (κ1) is 9.56. The van der Waals surface area contributed by atoms with Crippen LogP contribution >= 0.6 is 0 Å². The van der Waals surface area contributed by atoms with E-state index in [4.69, 9.17) is 4.74 Å². The van der Waals surface area contributed by atoms with Gasteiger partial charge in [-0.2, -0.15) is 0 Å². The van der Waals surface area contributed by atoms with Crippen molar-refractivity contribution in [3.8, 4) is 0 Å². The highest BCUT2D eigenvalue weighted by Crippen LogP contribution is 2.28. The van der Waals surface area contributed by atoms with E-state index >= 15 is 0 Å². The van der Waals surface area contributed by atoms with Gasteiger partial charge < -0.3 is 10.1 Å². The van der Waals surface area contributed by atoms with E-state index in [1.807, 2.05) is 6.92 Å². The van der Waals surface area contributed by atoms with Gasteiger partial charge in [-0.25, -0.2) is 4.79 Å². The van der Waals surface area contributed by atoms with Gasteiger partial charge in [0, 0.05) is 5.92 Å². The predicted octanol–water partition coefficient (Wildman–Crippen LogP) is 2.09. The second-order valence-corrected chi connectivity index (χ2v) is 4.38. The lowest BCUT2D eigenvalue weighted by molar-refractivity contribution is 0.135. The van der Waals surface area contributed by atoms with Gasteiger partial charge in [-0.05, 0) is 25.7 Å². The molecular formula is C11H17NO2. The minimum atomic E-state index is -0.269. The van der Waals surface area contributed by atoms with Crippen LogP contribution in [0.2, 0.25) is 0 Å². The molecule has 2 aliphatic rings. The van der Waals surface area contributed by atoms with Crippen molar-refractivity contribution in [2.45, 2.75) is 38.8 Å². The fraction of sp³-hybridized carbons (Fsp3) is 0.727. The quantitative estimate of drug-likeness (QED) is 0.650. The maximum absolute atomic E-state index is 11.0. The number of amides is 1. The van der Waals surface area contributed by atoms with Gasteiger partial charge >= 0.3 is 6.09 Å². The fourth-order valence-corrected chi connectivity index (χ4v) is 2.26. The minimum absolute atomic E-state index is 0.00514. The largest absolute Gasteiger partial charge is 0.444 e. The van der Waals surface area contributed by atoms with Crippen LogP contribution in [-0.4, -0.2) is 18.2 Å². The number of allylic oxidation sites excluding steroid dienone is 1. The normalized spacial score (nSPS) is 42.0. The standard InChI is InChI=1S/C11H17NO2/c1-7-3-5-9(6-4-7)10-8(2)14-11(13)12-10/h3,5,7-10H,4,6H2,1-2H3,(H,12,13). The van der Waals surface area contributed by atoms with Gasteiger partial charge in [0.2, 0.25) is 0 Å². The number of cyclic esters (lactones) is 1. The summed E-state index contributed by atoms with van der Waals surface area (Å²) < 4.78 is 5.07. The molecule has 0 aromatic carbocycles. The summed E-state index contributed by atoms with van der Waals surface area (Å²) in [5.41, 5.74) is 0. The van der Waals surface area contributed by atoms with Crippen molar-refractivity contribution >= 4 is 6.09 Å². The number of rotatable bonds is 1. The molecule has 1 aliphatic heterocycles. The molecular weight excluding hydrogens is 178 g/mol. The first-order valence-corrected chi connectivity index (χ1v) is 5.32. The van der Waals surface area contributed by atoms with Gasteiger partial charge in [0.25, 0.3) is 0 Å². The van der Waals surface area contributed by atoms with Gasteiger partial charge in [-0.1, -0.05) is 19.1 Å². The monoisotopic (exact) mass is 195 g/mol. The Morgan fingerprint density at radius 2 is 2.14 bits per heavy atom. The highest BCUT2D eigenvalue weighted by atomic mass is 16.6. The summed E-state index contributed by atoms with van der Waals surface area (Å²) >= 11 is 0. The molecule has 0 aromatic rings. The van der Waals surface area contributed by atoms with Crippen molar-refractivity contribution in [2.75, 3.05) is 0 Å². The lowest BCUT2D eigenvalue weighted by Crippen LogP contribution is -2.37. The lowest BCUT2D eigenvalue weighted by atomic mass is 9.84. The summed E-state index contributed by atoms with van der Waals surface area (Å²) in [5.74, 6) is 1.13. The molecule has 1 amide bonds. The van der Waals surface area contributed by atoms with Crippen molar-refractivity contribution in [1.29, 1.82) is 0 Å². The number of ether oxygens (including phenoxy) is 1. The molecule has 3 heteroatoms. The third-order valence-corrected chi connectivity index (χ3v) is 3.19. The smallest absolute Gasteiger partial charge is 0.407 e.